The molecule has 5 heteroatoms. The predicted octanol–water partition coefficient (Wildman–Crippen LogP) is 2.16. The summed E-state index contributed by atoms with van der Waals surface area (Å²) in [5, 5.41) is 9.06. The van der Waals surface area contributed by atoms with Crippen LogP contribution in [-0.2, 0) is 4.57 Å². The van der Waals surface area contributed by atoms with Gasteiger partial charge in [-0.2, -0.15) is 0 Å². The zero-order valence-electron chi connectivity index (χ0n) is 8.14. The molecule has 2 aliphatic carbocycles. The summed E-state index contributed by atoms with van der Waals surface area (Å²) in [6, 6.07) is 0. The third-order valence-electron chi connectivity index (χ3n) is 2.99. The van der Waals surface area contributed by atoms with Gasteiger partial charge in [-0.25, -0.2) is 0 Å². The molecule has 2 saturated carbocycles. The molecule has 0 spiro atoms. The number of aryl methyl sites for hydroxylation is 1. The summed E-state index contributed by atoms with van der Waals surface area (Å²) in [5.74, 6) is 0. The van der Waals surface area contributed by atoms with Gasteiger partial charge in [-0.1, -0.05) is 11.3 Å². The highest BCUT2D eigenvalue weighted by Crippen LogP contribution is 2.69. The van der Waals surface area contributed by atoms with Gasteiger partial charge >= 0.3 is 0 Å². The summed E-state index contributed by atoms with van der Waals surface area (Å²) in [4.78, 5) is 0. The summed E-state index contributed by atoms with van der Waals surface area (Å²) in [5.41, 5.74) is 0.921. The molecule has 0 N–H and O–H groups in total. The van der Waals surface area contributed by atoms with Crippen LogP contribution >= 0.6 is 18.5 Å². The third-order valence-corrected chi connectivity index (χ3v) is 8.65. The Morgan fingerprint density at radius 2 is 1.79 bits per heavy atom. The van der Waals surface area contributed by atoms with E-state index in [0.717, 1.165) is 35.4 Å². The van der Waals surface area contributed by atoms with Crippen molar-refractivity contribution in [1.82, 2.24) is 10.2 Å². The molecule has 0 radical (unpaired) electrons. The summed E-state index contributed by atoms with van der Waals surface area (Å²) in [7, 11) is -2.13. The van der Waals surface area contributed by atoms with Crippen molar-refractivity contribution in [2.24, 2.45) is 0 Å². The summed E-state index contributed by atoms with van der Waals surface area (Å²) < 4.78 is 13.7. The molecule has 1 aromatic heterocycles. The van der Waals surface area contributed by atoms with Crippen molar-refractivity contribution < 1.29 is 4.57 Å². The Kier molecular flexibility index (Phi) is 1.87. The van der Waals surface area contributed by atoms with Crippen LogP contribution in [0.3, 0.4) is 0 Å². The second-order valence-corrected chi connectivity index (χ2v) is 9.06. The van der Waals surface area contributed by atoms with Crippen molar-refractivity contribution >= 4 is 23.2 Å². The Labute approximate surface area is 87.3 Å². The maximum Gasteiger partial charge on any atom is 0.177 e. The van der Waals surface area contributed by atoms with E-state index in [4.69, 9.17) is 0 Å². The zero-order chi connectivity index (χ0) is 9.76. The van der Waals surface area contributed by atoms with Crippen LogP contribution < -0.4 is 4.75 Å². The van der Waals surface area contributed by atoms with Gasteiger partial charge in [0.15, 0.2) is 11.9 Å². The number of nitrogens with zero attached hydrogens (tertiary/aromatic N) is 2. The smallest absolute Gasteiger partial charge is 0.177 e. The minimum absolute atomic E-state index is 0.461. The Morgan fingerprint density at radius 1 is 1.21 bits per heavy atom. The minimum Gasteiger partial charge on any atom is -0.316 e. The van der Waals surface area contributed by atoms with Crippen LogP contribution in [-0.4, -0.2) is 21.5 Å². The number of hydrogen-bond donors (Lipinski definition) is 0. The molecule has 0 atom stereocenters. The van der Waals surface area contributed by atoms with Crippen LogP contribution in [0.1, 0.15) is 30.7 Å². The van der Waals surface area contributed by atoms with Crippen LogP contribution in [0.5, 0.6) is 0 Å². The highest BCUT2D eigenvalue weighted by Gasteiger charge is 2.53. The van der Waals surface area contributed by atoms with Gasteiger partial charge in [-0.05, 0) is 32.6 Å². The van der Waals surface area contributed by atoms with E-state index < -0.39 is 7.14 Å². The van der Waals surface area contributed by atoms with Crippen LogP contribution in [0.25, 0.3) is 0 Å². The normalized spacial score (nSPS) is 22.6. The molecule has 0 aromatic carbocycles. The fourth-order valence-electron chi connectivity index (χ4n) is 1.95. The molecule has 76 valence electrons. The molecule has 1 heterocycles. The molecule has 14 heavy (non-hydrogen) atoms. The SMILES string of the molecule is Cc1nnc(P(=O)(C2CC2)C2CC2)s1. The van der Waals surface area contributed by atoms with Crippen molar-refractivity contribution in [1.29, 1.82) is 0 Å². The summed E-state index contributed by atoms with van der Waals surface area (Å²) in [6.45, 7) is 1.94. The summed E-state index contributed by atoms with van der Waals surface area (Å²) >= 11 is 1.55. The maximum atomic E-state index is 12.9. The fourth-order valence-corrected chi connectivity index (χ4v) is 7.48. The number of rotatable bonds is 3. The van der Waals surface area contributed by atoms with Gasteiger partial charge in [0, 0.05) is 11.3 Å². The van der Waals surface area contributed by atoms with E-state index in [1.165, 1.54) is 0 Å². The minimum atomic E-state index is -2.13. The first-order valence-corrected chi connectivity index (χ1v) is 7.77. The third kappa shape index (κ3) is 1.28. The molecular weight excluding hydrogens is 215 g/mol. The zero-order valence-corrected chi connectivity index (χ0v) is 9.85. The van der Waals surface area contributed by atoms with E-state index in [0.29, 0.717) is 11.3 Å². The first-order chi connectivity index (χ1) is 6.71. The van der Waals surface area contributed by atoms with E-state index in [1.807, 2.05) is 6.92 Å². The number of hydrogen-bond acceptors (Lipinski definition) is 4. The molecule has 3 rings (SSSR count). The van der Waals surface area contributed by atoms with E-state index in [2.05, 4.69) is 10.2 Å². The molecule has 0 amide bonds. The highest BCUT2D eigenvalue weighted by atomic mass is 32.1. The fraction of sp³-hybridized carbons (Fsp3) is 0.778. The molecule has 0 saturated heterocycles. The van der Waals surface area contributed by atoms with Crippen molar-refractivity contribution in [2.45, 2.75) is 43.9 Å². The van der Waals surface area contributed by atoms with Crippen molar-refractivity contribution in [2.75, 3.05) is 0 Å². The van der Waals surface area contributed by atoms with Gasteiger partial charge in [0.1, 0.15) is 5.01 Å². The molecular formula is C9H13N2OPS. The monoisotopic (exact) mass is 228 g/mol. The van der Waals surface area contributed by atoms with Gasteiger partial charge in [-0.3, -0.25) is 0 Å². The Balaban J connectivity index is 2.02. The van der Waals surface area contributed by atoms with Gasteiger partial charge in [-0.15, -0.1) is 10.2 Å². The molecule has 1 aromatic rings. The lowest BCUT2D eigenvalue weighted by Gasteiger charge is -2.12. The Hall–Kier alpha value is -0.210. The average molecular weight is 228 g/mol. The Morgan fingerprint density at radius 3 is 2.14 bits per heavy atom. The number of aromatic nitrogens is 2. The largest absolute Gasteiger partial charge is 0.316 e. The van der Waals surface area contributed by atoms with Crippen LogP contribution in [0, 0.1) is 6.92 Å². The molecule has 0 aliphatic heterocycles. The van der Waals surface area contributed by atoms with Crippen molar-refractivity contribution in [3.05, 3.63) is 5.01 Å². The summed E-state index contributed by atoms with van der Waals surface area (Å²) in [6.07, 6.45) is 4.58. The average Bonchev–Trinajstić information content (AvgIpc) is 3.01. The van der Waals surface area contributed by atoms with E-state index in [1.54, 1.807) is 11.3 Å². The standard InChI is InChI=1S/C9H13N2OPS/c1-6-10-11-9(14-6)13(12,7-2-3-7)8-4-5-8/h7-8H,2-5H2,1H3. The van der Waals surface area contributed by atoms with Gasteiger partial charge in [0.25, 0.3) is 0 Å². The van der Waals surface area contributed by atoms with Gasteiger partial charge in [0.05, 0.1) is 0 Å². The first kappa shape index (κ1) is 9.05. The highest BCUT2D eigenvalue weighted by molar-refractivity contribution is 7.78. The van der Waals surface area contributed by atoms with Crippen molar-refractivity contribution in [3.63, 3.8) is 0 Å². The van der Waals surface area contributed by atoms with Crippen LogP contribution in [0.15, 0.2) is 0 Å². The van der Waals surface area contributed by atoms with E-state index >= 15 is 0 Å². The second kappa shape index (κ2) is 2.89. The Bertz CT molecular complexity index is 393. The van der Waals surface area contributed by atoms with Gasteiger partial charge < -0.3 is 4.57 Å². The first-order valence-electron chi connectivity index (χ1n) is 5.11. The molecule has 0 bridgehead atoms. The topological polar surface area (TPSA) is 42.9 Å². The lowest BCUT2D eigenvalue weighted by molar-refractivity contribution is 0.579. The predicted molar refractivity (Wildman–Crippen MR) is 57.9 cm³/mol. The van der Waals surface area contributed by atoms with E-state index in [-0.39, 0.29) is 0 Å². The lowest BCUT2D eigenvalue weighted by atomic mass is 10.9. The van der Waals surface area contributed by atoms with Crippen LogP contribution in [0.2, 0.25) is 0 Å². The molecule has 0 unspecified atom stereocenters. The quantitative estimate of drug-likeness (QED) is 0.744. The second-order valence-electron chi connectivity index (χ2n) is 4.28. The molecule has 3 nitrogen and oxygen atoms in total. The van der Waals surface area contributed by atoms with E-state index in [9.17, 15) is 4.57 Å². The van der Waals surface area contributed by atoms with Gasteiger partial charge in [0.2, 0.25) is 0 Å². The van der Waals surface area contributed by atoms with Crippen LogP contribution in [0.4, 0.5) is 0 Å². The molecule has 2 aliphatic rings. The lowest BCUT2D eigenvalue weighted by Crippen LogP contribution is -2.11. The molecule has 2 fully saturated rings. The maximum absolute atomic E-state index is 12.9. The van der Waals surface area contributed by atoms with Crippen molar-refractivity contribution in [3.8, 4) is 0 Å².